The van der Waals surface area contributed by atoms with Crippen LogP contribution in [0.3, 0.4) is 0 Å². The summed E-state index contributed by atoms with van der Waals surface area (Å²) in [6.07, 6.45) is 0.555. The molecule has 2 aliphatic rings. The lowest BCUT2D eigenvalue weighted by molar-refractivity contribution is -0.137. The van der Waals surface area contributed by atoms with Gasteiger partial charge in [0, 0.05) is 36.9 Å². The SMILES string of the molecule is COC1CC2C(=O)N(c3cccc(Cl)c3)C(=O)N(Cc3cccc(Cl)c3)C2CC1OC. The van der Waals surface area contributed by atoms with Crippen LogP contribution in [0.25, 0.3) is 0 Å². The topological polar surface area (TPSA) is 59.1 Å². The third kappa shape index (κ3) is 4.30. The summed E-state index contributed by atoms with van der Waals surface area (Å²) in [5.41, 5.74) is 1.35. The van der Waals surface area contributed by atoms with Crippen molar-refractivity contribution in [2.75, 3.05) is 19.1 Å². The molecule has 0 N–H and O–H groups in total. The highest BCUT2D eigenvalue weighted by Crippen LogP contribution is 2.39. The standard InChI is InChI=1S/C23H24Cl2N2O4/c1-30-20-11-18-19(12-21(20)31-2)26(13-14-5-3-6-15(24)9-14)23(29)27(22(18)28)17-8-4-7-16(25)10-17/h3-10,18-21H,11-13H2,1-2H3. The van der Waals surface area contributed by atoms with Crippen molar-refractivity contribution >= 4 is 40.8 Å². The molecular weight excluding hydrogens is 439 g/mol. The molecule has 1 heterocycles. The summed E-state index contributed by atoms with van der Waals surface area (Å²) in [6, 6.07) is 13.5. The Balaban J connectivity index is 1.74. The molecule has 6 nitrogen and oxygen atoms in total. The first-order chi connectivity index (χ1) is 14.9. The van der Waals surface area contributed by atoms with Gasteiger partial charge in [-0.15, -0.1) is 0 Å². The maximum absolute atomic E-state index is 13.6. The molecule has 1 saturated carbocycles. The molecule has 0 aromatic heterocycles. The first-order valence-corrected chi connectivity index (χ1v) is 10.9. The van der Waals surface area contributed by atoms with E-state index in [1.54, 1.807) is 49.5 Å². The van der Waals surface area contributed by atoms with Gasteiger partial charge < -0.3 is 14.4 Å². The van der Waals surface area contributed by atoms with E-state index in [1.165, 1.54) is 4.90 Å². The molecule has 0 spiro atoms. The van der Waals surface area contributed by atoms with Crippen LogP contribution in [-0.4, -0.2) is 49.3 Å². The summed E-state index contributed by atoms with van der Waals surface area (Å²) < 4.78 is 11.2. The van der Waals surface area contributed by atoms with Crippen LogP contribution in [0.2, 0.25) is 10.0 Å². The van der Waals surface area contributed by atoms with Crippen LogP contribution in [0.4, 0.5) is 10.5 Å². The van der Waals surface area contributed by atoms with E-state index < -0.39 is 5.92 Å². The van der Waals surface area contributed by atoms with E-state index in [2.05, 4.69) is 0 Å². The Morgan fingerprint density at radius 3 is 2.23 bits per heavy atom. The van der Waals surface area contributed by atoms with E-state index in [1.807, 2.05) is 18.2 Å². The molecule has 2 aromatic rings. The zero-order valence-corrected chi connectivity index (χ0v) is 18.8. The number of rotatable bonds is 5. The Morgan fingerprint density at radius 2 is 1.58 bits per heavy atom. The molecule has 1 saturated heterocycles. The number of amides is 3. The third-order valence-corrected chi connectivity index (χ3v) is 6.60. The van der Waals surface area contributed by atoms with Gasteiger partial charge in [0.05, 0.1) is 23.8 Å². The van der Waals surface area contributed by atoms with Crippen molar-refractivity contribution in [1.82, 2.24) is 4.90 Å². The Labute approximate surface area is 191 Å². The Bertz CT molecular complexity index is 986. The number of halogens is 2. The highest BCUT2D eigenvalue weighted by Gasteiger charge is 2.52. The number of benzene rings is 2. The van der Waals surface area contributed by atoms with Crippen LogP contribution in [0, 0.1) is 5.92 Å². The second-order valence-corrected chi connectivity index (χ2v) is 8.76. The molecule has 8 heteroatoms. The van der Waals surface area contributed by atoms with Gasteiger partial charge in [0.1, 0.15) is 0 Å². The third-order valence-electron chi connectivity index (χ3n) is 6.13. The number of ether oxygens (including phenoxy) is 2. The van der Waals surface area contributed by atoms with E-state index in [-0.39, 0.29) is 30.2 Å². The number of fused-ring (bicyclic) bond motifs is 1. The van der Waals surface area contributed by atoms with E-state index in [0.717, 1.165) is 5.56 Å². The molecule has 3 amide bonds. The van der Waals surface area contributed by atoms with Gasteiger partial charge >= 0.3 is 6.03 Å². The highest BCUT2D eigenvalue weighted by atomic mass is 35.5. The maximum atomic E-state index is 13.6. The smallest absolute Gasteiger partial charge is 0.331 e. The van der Waals surface area contributed by atoms with E-state index in [0.29, 0.717) is 35.1 Å². The fraction of sp³-hybridized carbons (Fsp3) is 0.391. The quantitative estimate of drug-likeness (QED) is 0.641. The van der Waals surface area contributed by atoms with E-state index >= 15 is 0 Å². The number of hydrogen-bond acceptors (Lipinski definition) is 4. The number of anilines is 1. The number of carbonyl (C=O) groups excluding carboxylic acids is 2. The number of nitrogens with zero attached hydrogens (tertiary/aromatic N) is 2. The molecule has 4 rings (SSSR count). The summed E-state index contributed by atoms with van der Waals surface area (Å²) in [5, 5.41) is 1.05. The summed E-state index contributed by atoms with van der Waals surface area (Å²) in [7, 11) is 3.25. The predicted molar refractivity (Wildman–Crippen MR) is 119 cm³/mol. The van der Waals surface area contributed by atoms with Gasteiger partial charge in [-0.25, -0.2) is 9.69 Å². The van der Waals surface area contributed by atoms with Gasteiger partial charge in [-0.3, -0.25) is 4.79 Å². The second kappa shape index (κ2) is 9.17. The molecule has 4 atom stereocenters. The van der Waals surface area contributed by atoms with Crippen LogP contribution >= 0.6 is 23.2 Å². The molecule has 31 heavy (non-hydrogen) atoms. The molecule has 0 bridgehead atoms. The van der Waals surface area contributed by atoms with Crippen molar-refractivity contribution in [2.24, 2.45) is 5.92 Å². The lowest BCUT2D eigenvalue weighted by Gasteiger charge is -2.49. The van der Waals surface area contributed by atoms with Crippen LogP contribution in [0.5, 0.6) is 0 Å². The molecule has 1 aliphatic carbocycles. The minimum absolute atomic E-state index is 0.202. The van der Waals surface area contributed by atoms with Crippen LogP contribution < -0.4 is 4.90 Å². The number of carbonyl (C=O) groups is 2. The van der Waals surface area contributed by atoms with Gasteiger partial charge in [-0.1, -0.05) is 41.4 Å². The first-order valence-electron chi connectivity index (χ1n) is 10.1. The minimum Gasteiger partial charge on any atom is -0.379 e. The Hall–Kier alpha value is -2.12. The zero-order valence-electron chi connectivity index (χ0n) is 17.3. The molecule has 4 unspecified atom stereocenters. The van der Waals surface area contributed by atoms with Crippen molar-refractivity contribution < 1.29 is 19.1 Å². The Kier molecular flexibility index (Phi) is 6.53. The fourth-order valence-corrected chi connectivity index (χ4v) is 5.02. The summed E-state index contributed by atoms with van der Waals surface area (Å²) in [5.74, 6) is -0.650. The molecule has 164 valence electrons. The average Bonchev–Trinajstić information content (AvgIpc) is 2.76. The first kappa shape index (κ1) is 22.1. The van der Waals surface area contributed by atoms with Gasteiger partial charge in [-0.05, 0) is 48.7 Å². The molecule has 2 fully saturated rings. The van der Waals surface area contributed by atoms with Crippen molar-refractivity contribution in [3.05, 3.63) is 64.1 Å². The largest absolute Gasteiger partial charge is 0.379 e. The minimum atomic E-state index is -0.410. The van der Waals surface area contributed by atoms with E-state index in [9.17, 15) is 9.59 Å². The highest BCUT2D eigenvalue weighted by molar-refractivity contribution is 6.31. The van der Waals surface area contributed by atoms with Crippen molar-refractivity contribution in [2.45, 2.75) is 37.6 Å². The number of imide groups is 1. The molecule has 0 radical (unpaired) electrons. The average molecular weight is 463 g/mol. The van der Waals surface area contributed by atoms with Gasteiger partial charge in [0.2, 0.25) is 5.91 Å². The van der Waals surface area contributed by atoms with Crippen LogP contribution in [0.1, 0.15) is 18.4 Å². The number of urea groups is 1. The zero-order chi connectivity index (χ0) is 22.1. The fourth-order valence-electron chi connectivity index (χ4n) is 4.62. The normalized spacial score (nSPS) is 26.2. The number of methoxy groups -OCH3 is 2. The number of hydrogen-bond donors (Lipinski definition) is 0. The van der Waals surface area contributed by atoms with Crippen LogP contribution in [0.15, 0.2) is 48.5 Å². The van der Waals surface area contributed by atoms with Gasteiger partial charge in [0.15, 0.2) is 0 Å². The predicted octanol–water partition coefficient (Wildman–Crippen LogP) is 4.77. The van der Waals surface area contributed by atoms with Crippen molar-refractivity contribution in [3.8, 4) is 0 Å². The molecular formula is C23H24Cl2N2O4. The maximum Gasteiger partial charge on any atom is 0.331 e. The Morgan fingerprint density at radius 1 is 0.935 bits per heavy atom. The second-order valence-electron chi connectivity index (χ2n) is 7.89. The summed E-state index contributed by atoms with van der Waals surface area (Å²) >= 11 is 12.3. The van der Waals surface area contributed by atoms with Crippen molar-refractivity contribution in [1.29, 1.82) is 0 Å². The monoisotopic (exact) mass is 462 g/mol. The summed E-state index contributed by atoms with van der Waals surface area (Å²) in [6.45, 7) is 0.332. The molecule has 1 aliphatic heterocycles. The lowest BCUT2D eigenvalue weighted by Crippen LogP contribution is -2.65. The van der Waals surface area contributed by atoms with E-state index in [4.69, 9.17) is 32.7 Å². The molecule has 2 aromatic carbocycles. The van der Waals surface area contributed by atoms with Crippen LogP contribution in [-0.2, 0) is 20.8 Å². The summed E-state index contributed by atoms with van der Waals surface area (Å²) in [4.78, 5) is 30.1. The lowest BCUT2D eigenvalue weighted by atomic mass is 9.77. The van der Waals surface area contributed by atoms with Gasteiger partial charge in [0.25, 0.3) is 0 Å². The van der Waals surface area contributed by atoms with Crippen molar-refractivity contribution in [3.63, 3.8) is 0 Å². The van der Waals surface area contributed by atoms with Gasteiger partial charge in [-0.2, -0.15) is 0 Å².